The summed E-state index contributed by atoms with van der Waals surface area (Å²) in [5.74, 6) is 8.63. The molecule has 1 fully saturated rings. The number of nitrogens with one attached hydrogen (secondary N) is 1. The fourth-order valence-electron chi connectivity index (χ4n) is 4.79. The second-order valence-corrected chi connectivity index (χ2v) is 11.3. The number of carbonyl (C=O) groups is 5. The quantitative estimate of drug-likeness (QED) is 0.0452. The van der Waals surface area contributed by atoms with Gasteiger partial charge in [0, 0.05) is 26.1 Å². The number of aliphatic imine (C=N–C) groups is 1. The number of aromatic nitrogens is 2. The molecule has 1 aromatic heterocycles. The van der Waals surface area contributed by atoms with Crippen LogP contribution in [0.1, 0.15) is 48.2 Å². The van der Waals surface area contributed by atoms with Crippen molar-refractivity contribution < 1.29 is 28.7 Å². The highest BCUT2D eigenvalue weighted by molar-refractivity contribution is 9.10. The zero-order chi connectivity index (χ0) is 34.0. The normalized spacial score (nSPS) is 14.3. The maximum absolute atomic E-state index is 13.2. The molecule has 3 rings (SSSR count). The molecule has 0 spiro atoms. The van der Waals surface area contributed by atoms with E-state index in [0.29, 0.717) is 35.9 Å². The number of amides is 6. The Labute approximate surface area is 272 Å². The van der Waals surface area contributed by atoms with E-state index < -0.39 is 35.5 Å². The largest absolute Gasteiger partial charge is 0.469 e. The van der Waals surface area contributed by atoms with Crippen LogP contribution in [0.5, 0.6) is 0 Å². The summed E-state index contributed by atoms with van der Waals surface area (Å²) < 4.78 is 4.46. The van der Waals surface area contributed by atoms with Gasteiger partial charge in [-0.1, -0.05) is 30.3 Å². The Kier molecular flexibility index (Phi) is 12.3. The molecular weight excluding hydrogens is 668 g/mol. The van der Waals surface area contributed by atoms with Gasteiger partial charge >= 0.3 is 18.0 Å². The van der Waals surface area contributed by atoms with Gasteiger partial charge in [0.2, 0.25) is 5.91 Å². The molecule has 19 heteroatoms. The second kappa shape index (κ2) is 15.9. The first kappa shape index (κ1) is 35.6. The van der Waals surface area contributed by atoms with Gasteiger partial charge in [-0.2, -0.15) is 0 Å². The Morgan fingerprint density at radius 1 is 0.978 bits per heavy atom. The molecule has 2 heterocycles. The van der Waals surface area contributed by atoms with E-state index in [0.717, 1.165) is 18.4 Å². The lowest BCUT2D eigenvalue weighted by Gasteiger charge is -2.41. The fourth-order valence-corrected chi connectivity index (χ4v) is 5.25. The summed E-state index contributed by atoms with van der Waals surface area (Å²) in [5, 5.41) is 3.15. The number of nitrogens with zero attached hydrogens (tertiary/aromatic N) is 6. The van der Waals surface area contributed by atoms with E-state index in [1.807, 2.05) is 30.3 Å². The number of primary amides is 2. The van der Waals surface area contributed by atoms with Crippen molar-refractivity contribution in [3.05, 3.63) is 46.2 Å². The summed E-state index contributed by atoms with van der Waals surface area (Å²) in [4.78, 5) is 74.9. The molecule has 0 aliphatic carbocycles. The van der Waals surface area contributed by atoms with Crippen LogP contribution in [0, 0.1) is 5.41 Å². The van der Waals surface area contributed by atoms with Crippen molar-refractivity contribution in [3.63, 3.8) is 0 Å². The predicted octanol–water partition coefficient (Wildman–Crippen LogP) is -0.00400. The minimum Gasteiger partial charge on any atom is -0.469 e. The Hall–Kier alpha value is -4.88. The van der Waals surface area contributed by atoms with Crippen LogP contribution in [0.4, 0.5) is 21.2 Å². The van der Waals surface area contributed by atoms with Crippen LogP contribution in [0.2, 0.25) is 0 Å². The number of benzene rings is 1. The van der Waals surface area contributed by atoms with Gasteiger partial charge in [0.1, 0.15) is 0 Å². The van der Waals surface area contributed by atoms with Crippen molar-refractivity contribution in [3.8, 4) is 0 Å². The SMILES string of the molecule is COC(=O)CCC(=O)N1CCC(CCc2ccccc2)(CN=C(N)NC(=O)c2nc(Br)c(N(N)C(N)=O)nc2N(N)C(N)=O)CC1. The highest BCUT2D eigenvalue weighted by Gasteiger charge is 2.36. The zero-order valence-corrected chi connectivity index (χ0v) is 26.7. The number of hydrogen-bond acceptors (Lipinski definition) is 11. The number of ether oxygens (including phenoxy) is 1. The number of hydrazine groups is 2. The molecule has 1 aromatic carbocycles. The van der Waals surface area contributed by atoms with Crippen LogP contribution in [0.15, 0.2) is 39.9 Å². The molecule has 0 radical (unpaired) electrons. The minimum absolute atomic E-state index is 0.00781. The predicted molar refractivity (Wildman–Crippen MR) is 170 cm³/mol. The lowest BCUT2D eigenvalue weighted by molar-refractivity contribution is -0.144. The topological polar surface area (TPSA) is 285 Å². The van der Waals surface area contributed by atoms with Gasteiger partial charge < -0.3 is 26.8 Å². The molecule has 1 aliphatic rings. The van der Waals surface area contributed by atoms with Crippen LogP contribution in [0.3, 0.4) is 0 Å². The molecule has 6 amide bonds. The number of nitrogens with two attached hydrogens (primary N) is 5. The van der Waals surface area contributed by atoms with Crippen molar-refractivity contribution in [1.82, 2.24) is 20.2 Å². The lowest BCUT2D eigenvalue weighted by atomic mass is 9.74. The number of guanidine groups is 1. The lowest BCUT2D eigenvalue weighted by Crippen LogP contribution is -2.47. The third kappa shape index (κ3) is 9.31. The van der Waals surface area contributed by atoms with Gasteiger partial charge in [-0.25, -0.2) is 41.3 Å². The Bertz CT molecular complexity index is 1480. The maximum Gasteiger partial charge on any atom is 0.335 e. The van der Waals surface area contributed by atoms with Crippen molar-refractivity contribution in [1.29, 1.82) is 0 Å². The molecule has 2 aromatic rings. The highest BCUT2D eigenvalue weighted by Crippen LogP contribution is 2.37. The third-order valence-corrected chi connectivity index (χ3v) is 8.06. The third-order valence-electron chi connectivity index (χ3n) is 7.53. The van der Waals surface area contributed by atoms with Gasteiger partial charge in [0.05, 0.1) is 13.5 Å². The second-order valence-electron chi connectivity index (χ2n) is 10.5. The smallest absolute Gasteiger partial charge is 0.335 e. The van der Waals surface area contributed by atoms with E-state index in [-0.39, 0.29) is 47.1 Å². The van der Waals surface area contributed by atoms with Crippen LogP contribution in [-0.2, 0) is 20.7 Å². The highest BCUT2D eigenvalue weighted by atomic mass is 79.9. The fraction of sp³-hybridized carbons (Fsp3) is 0.407. The van der Waals surface area contributed by atoms with Crippen LogP contribution >= 0.6 is 15.9 Å². The number of carbonyl (C=O) groups excluding carboxylic acids is 5. The minimum atomic E-state index is -1.20. The molecule has 248 valence electrons. The molecule has 46 heavy (non-hydrogen) atoms. The summed E-state index contributed by atoms with van der Waals surface area (Å²) in [6.07, 6.45) is 2.76. The van der Waals surface area contributed by atoms with E-state index in [1.165, 1.54) is 7.11 Å². The first-order valence-corrected chi connectivity index (χ1v) is 14.8. The monoisotopic (exact) mass is 704 g/mol. The zero-order valence-electron chi connectivity index (χ0n) is 25.1. The number of esters is 1. The van der Waals surface area contributed by atoms with Gasteiger partial charge in [0.25, 0.3) is 5.91 Å². The van der Waals surface area contributed by atoms with Crippen molar-refractivity contribution in [2.24, 2.45) is 39.3 Å². The number of aryl methyl sites for hydroxylation is 1. The van der Waals surface area contributed by atoms with E-state index >= 15 is 0 Å². The van der Waals surface area contributed by atoms with Crippen molar-refractivity contribution >= 4 is 63.4 Å². The van der Waals surface area contributed by atoms with E-state index in [9.17, 15) is 24.0 Å². The average molecular weight is 706 g/mol. The molecule has 11 N–H and O–H groups in total. The molecule has 0 saturated carbocycles. The number of rotatable bonds is 11. The number of methoxy groups -OCH3 is 1. The first-order valence-electron chi connectivity index (χ1n) is 14.0. The Morgan fingerprint density at radius 3 is 2.17 bits per heavy atom. The molecule has 1 aliphatic heterocycles. The van der Waals surface area contributed by atoms with Gasteiger partial charge in [-0.05, 0) is 52.6 Å². The Balaban J connectivity index is 1.80. The summed E-state index contributed by atoms with van der Waals surface area (Å²) in [7, 11) is 1.28. The van der Waals surface area contributed by atoms with Crippen LogP contribution in [-0.4, -0.2) is 77.4 Å². The summed E-state index contributed by atoms with van der Waals surface area (Å²) >= 11 is 3.06. The van der Waals surface area contributed by atoms with Gasteiger partial charge in [-0.15, -0.1) is 0 Å². The molecule has 1 saturated heterocycles. The Morgan fingerprint density at radius 2 is 1.59 bits per heavy atom. The summed E-state index contributed by atoms with van der Waals surface area (Å²) in [6, 6.07) is 7.59. The molecular formula is C27H37BrN12O6. The molecule has 18 nitrogen and oxygen atoms in total. The van der Waals surface area contributed by atoms with Gasteiger partial charge in [0.15, 0.2) is 27.9 Å². The van der Waals surface area contributed by atoms with Gasteiger partial charge in [-0.3, -0.25) is 24.7 Å². The van der Waals surface area contributed by atoms with Crippen LogP contribution < -0.4 is 44.2 Å². The molecule has 0 bridgehead atoms. The standard InChI is InChI=1S/C27H37BrN12O6/c1-46-18(42)8-7-17(41)38-13-11-27(12-14-38,10-9-16-5-3-2-4-6-16)15-34-24(29)37-23(43)19-21(39(32)25(30)44)36-22(20(28)35-19)40(33)26(31)45/h2-6H,7-15,32-33H2,1H3,(H2,30,44)(H2,31,45)(H3,29,34,37,43). The van der Waals surface area contributed by atoms with Crippen molar-refractivity contribution in [2.45, 2.75) is 38.5 Å². The molecule has 0 atom stereocenters. The number of piperidine rings is 1. The number of likely N-dealkylation sites (tertiary alicyclic amines) is 1. The number of halogens is 1. The number of anilines is 2. The number of hydrogen-bond donors (Lipinski definition) is 6. The van der Waals surface area contributed by atoms with E-state index in [1.54, 1.807) is 4.90 Å². The number of urea groups is 2. The summed E-state index contributed by atoms with van der Waals surface area (Å²) in [5.41, 5.74) is 16.8. The summed E-state index contributed by atoms with van der Waals surface area (Å²) in [6.45, 7) is 1.14. The molecule has 0 unspecified atom stereocenters. The first-order chi connectivity index (χ1) is 21.8. The average Bonchev–Trinajstić information content (AvgIpc) is 3.05. The van der Waals surface area contributed by atoms with Crippen LogP contribution in [0.25, 0.3) is 0 Å². The van der Waals surface area contributed by atoms with E-state index in [4.69, 9.17) is 28.9 Å². The van der Waals surface area contributed by atoms with E-state index in [2.05, 4.69) is 40.9 Å². The van der Waals surface area contributed by atoms with Crippen molar-refractivity contribution in [2.75, 3.05) is 36.8 Å². The maximum atomic E-state index is 13.2.